The first-order chi connectivity index (χ1) is 11.3. The van der Waals surface area contributed by atoms with Gasteiger partial charge >= 0.3 is 0 Å². The van der Waals surface area contributed by atoms with Crippen molar-refractivity contribution in [2.24, 2.45) is 0 Å². The summed E-state index contributed by atoms with van der Waals surface area (Å²) in [4.78, 5) is 15.0. The molecule has 118 valence electrons. The van der Waals surface area contributed by atoms with Gasteiger partial charge in [0.05, 0.1) is 5.39 Å². The second-order valence-corrected chi connectivity index (χ2v) is 5.79. The van der Waals surface area contributed by atoms with E-state index in [0.717, 1.165) is 48.7 Å². The number of rotatable bonds is 3. The fraction of sp³-hybridized carbons (Fsp3) is 0.294. The highest BCUT2D eigenvalue weighted by molar-refractivity contribution is 5.92. The van der Waals surface area contributed by atoms with Crippen LogP contribution in [-0.2, 0) is 0 Å². The van der Waals surface area contributed by atoms with E-state index in [1.807, 2.05) is 36.5 Å². The predicted octanol–water partition coefficient (Wildman–Crippen LogP) is 2.42. The van der Waals surface area contributed by atoms with E-state index in [1.165, 1.54) is 5.56 Å². The Kier molecular flexibility index (Phi) is 3.59. The lowest BCUT2D eigenvalue weighted by molar-refractivity contribution is 0.586. The number of nitrogens with one attached hydrogen (secondary N) is 3. The molecule has 1 saturated heterocycles. The van der Waals surface area contributed by atoms with Crippen molar-refractivity contribution in [3.63, 3.8) is 0 Å². The van der Waals surface area contributed by atoms with Crippen molar-refractivity contribution in [1.82, 2.24) is 20.3 Å². The van der Waals surface area contributed by atoms with Crippen molar-refractivity contribution in [1.29, 1.82) is 0 Å². The number of anilines is 3. The molecule has 3 heterocycles. The number of nitrogens with zero attached hydrogens (tertiary/aromatic N) is 3. The van der Waals surface area contributed by atoms with Crippen LogP contribution in [-0.4, -0.2) is 41.1 Å². The Labute approximate surface area is 134 Å². The van der Waals surface area contributed by atoms with Crippen LogP contribution in [0.4, 0.5) is 17.5 Å². The topological polar surface area (TPSA) is 68.9 Å². The standard InChI is InChI=1S/C17H20N6/c1-12-11-19-15-14(12)16(23-9-7-18-8-10-23)22-17(21-15)20-13-5-3-2-4-6-13/h2-6,11,18H,7-10H2,1H3,(H2,19,20,21,22). The third kappa shape index (κ3) is 2.73. The fourth-order valence-corrected chi connectivity index (χ4v) is 2.98. The molecule has 6 heteroatoms. The molecule has 4 rings (SSSR count). The number of hydrogen-bond donors (Lipinski definition) is 3. The van der Waals surface area contributed by atoms with Crippen LogP contribution in [0.1, 0.15) is 5.56 Å². The van der Waals surface area contributed by atoms with E-state index in [4.69, 9.17) is 4.98 Å². The highest BCUT2D eigenvalue weighted by atomic mass is 15.3. The van der Waals surface area contributed by atoms with Crippen LogP contribution >= 0.6 is 0 Å². The minimum Gasteiger partial charge on any atom is -0.353 e. The van der Waals surface area contributed by atoms with Gasteiger partial charge in [-0.3, -0.25) is 0 Å². The van der Waals surface area contributed by atoms with E-state index in [-0.39, 0.29) is 0 Å². The van der Waals surface area contributed by atoms with Crippen LogP contribution in [0.2, 0.25) is 0 Å². The molecule has 0 radical (unpaired) electrons. The predicted molar refractivity (Wildman–Crippen MR) is 93.4 cm³/mol. The Morgan fingerprint density at radius 1 is 1.09 bits per heavy atom. The van der Waals surface area contributed by atoms with Gasteiger partial charge in [0.1, 0.15) is 11.5 Å². The number of H-pyrrole nitrogens is 1. The summed E-state index contributed by atoms with van der Waals surface area (Å²) >= 11 is 0. The number of aromatic amines is 1. The zero-order valence-electron chi connectivity index (χ0n) is 13.1. The highest BCUT2D eigenvalue weighted by Gasteiger charge is 2.19. The lowest BCUT2D eigenvalue weighted by Gasteiger charge is -2.29. The zero-order valence-corrected chi connectivity index (χ0v) is 13.1. The maximum absolute atomic E-state index is 4.81. The van der Waals surface area contributed by atoms with Gasteiger partial charge in [-0.1, -0.05) is 18.2 Å². The quantitative estimate of drug-likeness (QED) is 0.693. The van der Waals surface area contributed by atoms with Crippen molar-refractivity contribution < 1.29 is 0 Å². The van der Waals surface area contributed by atoms with Crippen molar-refractivity contribution in [3.05, 3.63) is 42.1 Å². The Hall–Kier alpha value is -2.60. The number of hydrogen-bond acceptors (Lipinski definition) is 5. The molecule has 1 aromatic carbocycles. The number of aromatic nitrogens is 3. The summed E-state index contributed by atoms with van der Waals surface area (Å²) < 4.78 is 0. The van der Waals surface area contributed by atoms with Crippen LogP contribution in [0.5, 0.6) is 0 Å². The first-order valence-corrected chi connectivity index (χ1v) is 7.95. The minimum atomic E-state index is 0.624. The molecular weight excluding hydrogens is 288 g/mol. The molecular formula is C17H20N6. The molecule has 0 amide bonds. The van der Waals surface area contributed by atoms with Crippen molar-refractivity contribution in [3.8, 4) is 0 Å². The van der Waals surface area contributed by atoms with E-state index < -0.39 is 0 Å². The van der Waals surface area contributed by atoms with Gasteiger partial charge in [-0.2, -0.15) is 9.97 Å². The highest BCUT2D eigenvalue weighted by Crippen LogP contribution is 2.29. The van der Waals surface area contributed by atoms with Gasteiger partial charge in [0.15, 0.2) is 0 Å². The number of aryl methyl sites for hydroxylation is 1. The van der Waals surface area contributed by atoms with Gasteiger partial charge in [-0.25, -0.2) is 0 Å². The maximum Gasteiger partial charge on any atom is 0.231 e. The minimum absolute atomic E-state index is 0.624. The molecule has 3 N–H and O–H groups in total. The molecule has 0 bridgehead atoms. The molecule has 1 aliphatic rings. The lowest BCUT2D eigenvalue weighted by atomic mass is 10.2. The number of benzene rings is 1. The van der Waals surface area contributed by atoms with Crippen molar-refractivity contribution in [2.45, 2.75) is 6.92 Å². The normalized spacial score (nSPS) is 15.1. The third-order valence-electron chi connectivity index (χ3n) is 4.16. The second kappa shape index (κ2) is 5.89. The van der Waals surface area contributed by atoms with Gasteiger partial charge in [0.25, 0.3) is 0 Å². The van der Waals surface area contributed by atoms with Crippen molar-refractivity contribution >= 4 is 28.5 Å². The summed E-state index contributed by atoms with van der Waals surface area (Å²) in [6.45, 7) is 5.98. The number of piperazine rings is 1. The molecule has 6 nitrogen and oxygen atoms in total. The smallest absolute Gasteiger partial charge is 0.231 e. The fourth-order valence-electron chi connectivity index (χ4n) is 2.98. The average molecular weight is 308 g/mol. The molecule has 23 heavy (non-hydrogen) atoms. The van der Waals surface area contributed by atoms with Crippen LogP contribution in [0.3, 0.4) is 0 Å². The summed E-state index contributed by atoms with van der Waals surface area (Å²) in [6, 6.07) is 10.0. The van der Waals surface area contributed by atoms with Crippen LogP contribution < -0.4 is 15.5 Å². The van der Waals surface area contributed by atoms with Gasteiger partial charge in [-0.05, 0) is 24.6 Å². The van der Waals surface area contributed by atoms with E-state index in [0.29, 0.717) is 5.95 Å². The summed E-state index contributed by atoms with van der Waals surface area (Å²) in [7, 11) is 0. The van der Waals surface area contributed by atoms with Gasteiger partial charge < -0.3 is 20.5 Å². The molecule has 0 spiro atoms. The maximum atomic E-state index is 4.81. The third-order valence-corrected chi connectivity index (χ3v) is 4.16. The Morgan fingerprint density at radius 3 is 2.65 bits per heavy atom. The monoisotopic (exact) mass is 308 g/mol. The molecule has 1 aliphatic heterocycles. The van der Waals surface area contributed by atoms with Gasteiger partial charge in [0, 0.05) is 38.1 Å². The average Bonchev–Trinajstić information content (AvgIpc) is 2.97. The molecule has 2 aromatic heterocycles. The number of fused-ring (bicyclic) bond motifs is 1. The molecule has 0 unspecified atom stereocenters. The summed E-state index contributed by atoms with van der Waals surface area (Å²) in [6.07, 6.45) is 2.00. The number of para-hydroxylation sites is 1. The van der Waals surface area contributed by atoms with E-state index in [9.17, 15) is 0 Å². The lowest BCUT2D eigenvalue weighted by Crippen LogP contribution is -2.44. The van der Waals surface area contributed by atoms with E-state index >= 15 is 0 Å². The Morgan fingerprint density at radius 2 is 1.87 bits per heavy atom. The Balaban J connectivity index is 1.77. The molecule has 0 saturated carbocycles. The molecule has 3 aromatic rings. The largest absolute Gasteiger partial charge is 0.353 e. The first kappa shape index (κ1) is 14.0. The first-order valence-electron chi connectivity index (χ1n) is 7.95. The zero-order chi connectivity index (χ0) is 15.6. The van der Waals surface area contributed by atoms with Gasteiger partial charge in [-0.15, -0.1) is 0 Å². The van der Waals surface area contributed by atoms with Crippen LogP contribution in [0.15, 0.2) is 36.5 Å². The summed E-state index contributed by atoms with van der Waals surface area (Å²) in [5, 5.41) is 7.80. The molecule has 0 aliphatic carbocycles. The van der Waals surface area contributed by atoms with Crippen LogP contribution in [0.25, 0.3) is 11.0 Å². The van der Waals surface area contributed by atoms with Crippen LogP contribution in [0, 0.1) is 6.92 Å². The summed E-state index contributed by atoms with van der Waals surface area (Å²) in [5.41, 5.74) is 3.05. The Bertz CT molecular complexity index is 805. The van der Waals surface area contributed by atoms with Crippen molar-refractivity contribution in [2.75, 3.05) is 36.4 Å². The SMILES string of the molecule is Cc1c[nH]c2nc(Nc3ccccc3)nc(N3CCNCC3)c12. The van der Waals surface area contributed by atoms with Gasteiger partial charge in [0.2, 0.25) is 5.95 Å². The second-order valence-electron chi connectivity index (χ2n) is 5.79. The molecule has 0 atom stereocenters. The van der Waals surface area contributed by atoms with E-state index in [1.54, 1.807) is 0 Å². The van der Waals surface area contributed by atoms with E-state index in [2.05, 4.69) is 32.4 Å². The molecule has 1 fully saturated rings. The summed E-state index contributed by atoms with van der Waals surface area (Å²) in [5.74, 6) is 1.63.